The van der Waals surface area contributed by atoms with Crippen LogP contribution in [0.4, 0.5) is 10.5 Å². The molecule has 0 saturated heterocycles. The Labute approximate surface area is 123 Å². The lowest BCUT2D eigenvalue weighted by Crippen LogP contribution is -2.30. The summed E-state index contributed by atoms with van der Waals surface area (Å²) in [6, 6.07) is 12.9. The number of anilines is 1. The first-order valence-electron chi connectivity index (χ1n) is 6.56. The van der Waals surface area contributed by atoms with Crippen molar-refractivity contribution in [2.24, 2.45) is 0 Å². The van der Waals surface area contributed by atoms with Gasteiger partial charge in [0.25, 0.3) is 0 Å². The molecular weight excluding hydrogens is 264 g/mol. The summed E-state index contributed by atoms with van der Waals surface area (Å²) in [4.78, 5) is 17.6. The Hall–Kier alpha value is -2.87. The van der Waals surface area contributed by atoms with Gasteiger partial charge in [-0.25, -0.2) is 4.79 Å². The summed E-state index contributed by atoms with van der Waals surface area (Å²) in [5.74, 6) is 0. The van der Waals surface area contributed by atoms with Crippen LogP contribution in [-0.2, 0) is 13.0 Å². The van der Waals surface area contributed by atoms with E-state index in [1.54, 1.807) is 36.5 Å². The zero-order valence-corrected chi connectivity index (χ0v) is 11.8. The predicted molar refractivity (Wildman–Crippen MR) is 80.5 cm³/mol. The normalized spacial score (nSPS) is 9.71. The van der Waals surface area contributed by atoms with Crippen molar-refractivity contribution < 1.29 is 4.79 Å². The molecule has 21 heavy (non-hydrogen) atoms. The highest BCUT2D eigenvalue weighted by Crippen LogP contribution is 2.11. The van der Waals surface area contributed by atoms with Gasteiger partial charge >= 0.3 is 6.03 Å². The lowest BCUT2D eigenvalue weighted by atomic mass is 10.1. The van der Waals surface area contributed by atoms with Crippen LogP contribution in [0.5, 0.6) is 0 Å². The van der Waals surface area contributed by atoms with Crippen LogP contribution in [0.15, 0.2) is 48.8 Å². The van der Waals surface area contributed by atoms with Crippen molar-refractivity contribution in [3.63, 3.8) is 0 Å². The molecule has 0 unspecified atom stereocenters. The second kappa shape index (κ2) is 7.06. The van der Waals surface area contributed by atoms with E-state index in [9.17, 15) is 4.79 Å². The molecule has 2 rings (SSSR count). The number of urea groups is 1. The number of pyridine rings is 1. The number of carbonyl (C=O) groups is 1. The fourth-order valence-electron chi connectivity index (χ4n) is 1.85. The van der Waals surface area contributed by atoms with E-state index in [1.165, 1.54) is 0 Å². The first kappa shape index (κ1) is 14.5. The van der Waals surface area contributed by atoms with Crippen LogP contribution in [0.25, 0.3) is 0 Å². The van der Waals surface area contributed by atoms with Gasteiger partial charge in [0.1, 0.15) is 0 Å². The molecule has 0 atom stereocenters. The highest BCUT2D eigenvalue weighted by molar-refractivity contribution is 5.89. The molecule has 0 aliphatic rings. The predicted octanol–water partition coefficient (Wildman–Crippen LogP) is 2.81. The summed E-state index contributed by atoms with van der Waals surface area (Å²) in [6.45, 7) is 0.515. The molecule has 1 N–H and O–H groups in total. The Morgan fingerprint density at radius 1 is 1.19 bits per heavy atom. The van der Waals surface area contributed by atoms with Gasteiger partial charge in [-0.15, -0.1) is 0 Å². The van der Waals surface area contributed by atoms with Gasteiger partial charge in [-0.2, -0.15) is 5.26 Å². The number of nitrogens with zero attached hydrogens (tertiary/aromatic N) is 3. The monoisotopic (exact) mass is 280 g/mol. The van der Waals surface area contributed by atoms with Crippen LogP contribution >= 0.6 is 0 Å². The maximum atomic E-state index is 12.1. The van der Waals surface area contributed by atoms with Gasteiger partial charge in [0.05, 0.1) is 12.5 Å². The first-order chi connectivity index (χ1) is 10.2. The summed E-state index contributed by atoms with van der Waals surface area (Å²) in [5.41, 5.74) is 2.66. The summed E-state index contributed by atoms with van der Waals surface area (Å²) < 4.78 is 0. The topological polar surface area (TPSA) is 69.0 Å². The third-order valence-corrected chi connectivity index (χ3v) is 3.00. The smallest absolute Gasteiger partial charge is 0.321 e. The minimum atomic E-state index is -0.181. The summed E-state index contributed by atoms with van der Waals surface area (Å²) in [6.07, 6.45) is 3.78. The maximum Gasteiger partial charge on any atom is 0.321 e. The summed E-state index contributed by atoms with van der Waals surface area (Å²) in [7, 11) is 1.74. The molecule has 106 valence electrons. The largest absolute Gasteiger partial charge is 0.323 e. The second-order valence-electron chi connectivity index (χ2n) is 4.67. The molecule has 1 aromatic carbocycles. The number of nitriles is 1. The van der Waals surface area contributed by atoms with E-state index in [0.717, 1.165) is 11.1 Å². The molecule has 2 amide bonds. The molecule has 0 aliphatic heterocycles. The van der Waals surface area contributed by atoms with Crippen molar-refractivity contribution in [3.8, 4) is 6.07 Å². The number of aromatic nitrogens is 1. The molecular formula is C16H16N4O. The van der Waals surface area contributed by atoms with Gasteiger partial charge in [-0.1, -0.05) is 12.1 Å². The molecule has 2 aromatic rings. The van der Waals surface area contributed by atoms with Crippen molar-refractivity contribution in [2.75, 3.05) is 12.4 Å². The highest BCUT2D eigenvalue weighted by atomic mass is 16.2. The van der Waals surface area contributed by atoms with Crippen LogP contribution < -0.4 is 5.32 Å². The van der Waals surface area contributed by atoms with Gasteiger partial charge in [0.2, 0.25) is 0 Å². The molecule has 0 fully saturated rings. The van der Waals surface area contributed by atoms with E-state index >= 15 is 0 Å². The van der Waals surface area contributed by atoms with Crippen LogP contribution in [-0.4, -0.2) is 23.0 Å². The molecule has 5 heteroatoms. The molecule has 0 aliphatic carbocycles. The van der Waals surface area contributed by atoms with Crippen molar-refractivity contribution in [1.82, 2.24) is 9.88 Å². The zero-order chi connectivity index (χ0) is 15.1. The minimum Gasteiger partial charge on any atom is -0.323 e. The molecule has 0 bridgehead atoms. The van der Waals surface area contributed by atoms with Gasteiger partial charge < -0.3 is 10.2 Å². The van der Waals surface area contributed by atoms with Crippen molar-refractivity contribution in [1.29, 1.82) is 5.26 Å². The molecule has 0 spiro atoms. The Morgan fingerprint density at radius 3 is 2.48 bits per heavy atom. The number of amides is 2. The van der Waals surface area contributed by atoms with E-state index in [2.05, 4.69) is 16.4 Å². The molecule has 1 heterocycles. The standard InChI is InChI=1S/C16H16N4O/c1-20(12-14-7-10-18-11-8-14)16(21)19-15-4-2-13(3-5-15)6-9-17/h2-5,7-8,10-11H,6,12H2,1H3,(H,19,21). The van der Waals surface area contributed by atoms with Crippen LogP contribution in [0.2, 0.25) is 0 Å². The number of carbonyl (C=O) groups excluding carboxylic acids is 1. The van der Waals surface area contributed by atoms with Crippen molar-refractivity contribution >= 4 is 11.7 Å². The first-order valence-corrected chi connectivity index (χ1v) is 6.56. The Bertz CT molecular complexity index is 632. The molecule has 1 aromatic heterocycles. The third kappa shape index (κ3) is 4.32. The van der Waals surface area contributed by atoms with E-state index in [4.69, 9.17) is 5.26 Å². The number of benzene rings is 1. The van der Waals surface area contributed by atoms with E-state index in [1.807, 2.05) is 24.3 Å². The quantitative estimate of drug-likeness (QED) is 0.936. The lowest BCUT2D eigenvalue weighted by molar-refractivity contribution is 0.220. The Kier molecular flexibility index (Phi) is 4.89. The van der Waals surface area contributed by atoms with Crippen LogP contribution in [0, 0.1) is 11.3 Å². The van der Waals surface area contributed by atoms with Gasteiger partial charge in [0.15, 0.2) is 0 Å². The third-order valence-electron chi connectivity index (χ3n) is 3.00. The zero-order valence-electron chi connectivity index (χ0n) is 11.8. The molecule has 0 radical (unpaired) electrons. The molecule has 0 saturated carbocycles. The van der Waals surface area contributed by atoms with Crippen LogP contribution in [0.3, 0.4) is 0 Å². The summed E-state index contributed by atoms with van der Waals surface area (Å²) in [5, 5.41) is 11.4. The van der Waals surface area contributed by atoms with Crippen molar-refractivity contribution in [3.05, 3.63) is 59.9 Å². The SMILES string of the molecule is CN(Cc1ccncc1)C(=O)Nc1ccc(CC#N)cc1. The minimum absolute atomic E-state index is 0.181. The fraction of sp³-hybridized carbons (Fsp3) is 0.188. The lowest BCUT2D eigenvalue weighted by Gasteiger charge is -2.18. The average Bonchev–Trinajstić information content (AvgIpc) is 2.50. The highest BCUT2D eigenvalue weighted by Gasteiger charge is 2.09. The summed E-state index contributed by atoms with van der Waals surface area (Å²) >= 11 is 0. The number of hydrogen-bond acceptors (Lipinski definition) is 3. The second-order valence-corrected chi connectivity index (χ2v) is 4.67. The average molecular weight is 280 g/mol. The van der Waals surface area contributed by atoms with Gasteiger partial charge in [-0.3, -0.25) is 4.98 Å². The Balaban J connectivity index is 1.93. The number of nitrogens with one attached hydrogen (secondary N) is 1. The Morgan fingerprint density at radius 2 is 1.86 bits per heavy atom. The molecule has 5 nitrogen and oxygen atoms in total. The van der Waals surface area contributed by atoms with Gasteiger partial charge in [0, 0.05) is 31.7 Å². The fourth-order valence-corrected chi connectivity index (χ4v) is 1.85. The number of hydrogen-bond donors (Lipinski definition) is 1. The maximum absolute atomic E-state index is 12.1. The van der Waals surface area contributed by atoms with E-state index in [-0.39, 0.29) is 6.03 Å². The van der Waals surface area contributed by atoms with E-state index in [0.29, 0.717) is 18.7 Å². The van der Waals surface area contributed by atoms with Gasteiger partial charge in [-0.05, 0) is 35.4 Å². The number of rotatable bonds is 4. The van der Waals surface area contributed by atoms with Crippen LogP contribution in [0.1, 0.15) is 11.1 Å². The van der Waals surface area contributed by atoms with E-state index < -0.39 is 0 Å². The van der Waals surface area contributed by atoms with Crippen molar-refractivity contribution in [2.45, 2.75) is 13.0 Å².